The van der Waals surface area contributed by atoms with Crippen molar-refractivity contribution in [2.45, 2.75) is 50.7 Å². The fourth-order valence-electron chi connectivity index (χ4n) is 5.73. The van der Waals surface area contributed by atoms with Gasteiger partial charge >= 0.3 is 0 Å². The maximum absolute atomic E-state index is 4.47. The third-order valence-electron chi connectivity index (χ3n) is 6.88. The molecule has 1 aromatic heterocycles. The lowest BCUT2D eigenvalue weighted by Gasteiger charge is -2.46. The minimum Gasteiger partial charge on any atom is -0.361 e. The number of aromatic nitrogens is 1. The van der Waals surface area contributed by atoms with E-state index in [1.807, 2.05) is 0 Å². The van der Waals surface area contributed by atoms with E-state index in [-0.39, 0.29) is 0 Å². The van der Waals surface area contributed by atoms with Crippen LogP contribution in [0, 0.1) is 11.8 Å². The molecule has 0 spiro atoms. The zero-order valence-corrected chi connectivity index (χ0v) is 13.5. The van der Waals surface area contributed by atoms with Crippen LogP contribution in [0.3, 0.4) is 0 Å². The van der Waals surface area contributed by atoms with Gasteiger partial charge in [0.15, 0.2) is 0 Å². The maximum Gasteiger partial charge on any atom is 0.0456 e. The van der Waals surface area contributed by atoms with Crippen molar-refractivity contribution < 1.29 is 0 Å². The van der Waals surface area contributed by atoms with E-state index in [1.54, 1.807) is 0 Å². The molecule has 2 nitrogen and oxygen atoms in total. The normalized spacial score (nSPS) is 38.3. The predicted molar refractivity (Wildman–Crippen MR) is 90.9 cm³/mol. The lowest BCUT2D eigenvalue weighted by atomic mass is 9.69. The van der Waals surface area contributed by atoms with Gasteiger partial charge in [-0.1, -0.05) is 30.4 Å². The number of para-hydroxylation sites is 1. The predicted octanol–water partition coefficient (Wildman–Crippen LogP) is 4.14. The molecule has 22 heavy (non-hydrogen) atoms. The first-order valence-corrected chi connectivity index (χ1v) is 8.59. The maximum atomic E-state index is 4.47. The van der Waals surface area contributed by atoms with E-state index in [2.05, 4.69) is 60.8 Å². The standard InChI is InChI=1S/C20H24N2/c1-12-16-9-14-10-18(12)22(20(14,2)3)19(16)8-13-11-21-17-7-5-4-6-15(13)17/h4-7,11,14,16,18-19,21H,1,8-10H2,2-3H3. The second-order valence-corrected chi connectivity index (χ2v) is 8.06. The molecule has 4 aliphatic rings. The van der Waals surface area contributed by atoms with Gasteiger partial charge in [0.2, 0.25) is 0 Å². The number of rotatable bonds is 2. The SMILES string of the molecule is C=C1C2CC3CC1N(C2Cc1c[nH]c2ccccc12)C3(C)C. The van der Waals surface area contributed by atoms with Crippen LogP contribution in [0.15, 0.2) is 42.6 Å². The molecule has 1 aromatic carbocycles. The van der Waals surface area contributed by atoms with Gasteiger partial charge in [0.05, 0.1) is 0 Å². The molecular weight excluding hydrogens is 268 g/mol. The molecule has 4 fully saturated rings. The van der Waals surface area contributed by atoms with E-state index >= 15 is 0 Å². The Hall–Kier alpha value is -1.54. The van der Waals surface area contributed by atoms with Crippen LogP contribution in [0.25, 0.3) is 10.9 Å². The van der Waals surface area contributed by atoms with Gasteiger partial charge in [-0.15, -0.1) is 0 Å². The van der Waals surface area contributed by atoms with Crippen molar-refractivity contribution in [1.82, 2.24) is 9.88 Å². The van der Waals surface area contributed by atoms with Crippen molar-refractivity contribution in [1.29, 1.82) is 0 Å². The summed E-state index contributed by atoms with van der Waals surface area (Å²) in [7, 11) is 0. The highest BCUT2D eigenvalue weighted by molar-refractivity contribution is 5.83. The van der Waals surface area contributed by atoms with Crippen molar-refractivity contribution >= 4 is 10.9 Å². The molecule has 2 aromatic rings. The van der Waals surface area contributed by atoms with E-state index in [1.165, 1.54) is 34.9 Å². The number of aromatic amines is 1. The minimum absolute atomic E-state index is 0.345. The minimum atomic E-state index is 0.345. The van der Waals surface area contributed by atoms with Crippen LogP contribution in [0.1, 0.15) is 32.3 Å². The number of nitrogens with one attached hydrogen (secondary N) is 1. The largest absolute Gasteiger partial charge is 0.361 e. The van der Waals surface area contributed by atoms with Crippen LogP contribution >= 0.6 is 0 Å². The molecule has 3 aliphatic heterocycles. The Bertz CT molecular complexity index is 769. The van der Waals surface area contributed by atoms with E-state index in [4.69, 9.17) is 0 Å². The molecule has 5 atom stereocenters. The van der Waals surface area contributed by atoms with E-state index < -0.39 is 0 Å². The molecule has 114 valence electrons. The second kappa shape index (κ2) is 4.05. The van der Waals surface area contributed by atoms with Gasteiger partial charge < -0.3 is 4.98 Å². The Morgan fingerprint density at radius 1 is 1.27 bits per heavy atom. The topological polar surface area (TPSA) is 19.0 Å². The summed E-state index contributed by atoms with van der Waals surface area (Å²) in [5.41, 5.74) is 4.60. The van der Waals surface area contributed by atoms with Crippen LogP contribution in [-0.4, -0.2) is 27.5 Å². The Labute approximate surface area is 132 Å². The van der Waals surface area contributed by atoms with Crippen molar-refractivity contribution in [3.05, 3.63) is 48.2 Å². The molecule has 0 radical (unpaired) electrons. The fourth-order valence-corrected chi connectivity index (χ4v) is 5.73. The summed E-state index contributed by atoms with van der Waals surface area (Å²) in [6, 6.07) is 9.97. The van der Waals surface area contributed by atoms with Crippen LogP contribution < -0.4 is 0 Å². The fraction of sp³-hybridized carbons (Fsp3) is 0.500. The molecule has 4 bridgehead atoms. The third kappa shape index (κ3) is 1.44. The zero-order valence-electron chi connectivity index (χ0n) is 13.5. The van der Waals surface area contributed by atoms with Gasteiger partial charge in [0.1, 0.15) is 0 Å². The average molecular weight is 292 g/mol. The Morgan fingerprint density at radius 2 is 2.09 bits per heavy atom. The number of benzene rings is 1. The summed E-state index contributed by atoms with van der Waals surface area (Å²) in [5, 5.41) is 1.39. The first-order chi connectivity index (χ1) is 10.6. The average Bonchev–Trinajstić information content (AvgIpc) is 3.02. The monoisotopic (exact) mass is 292 g/mol. The van der Waals surface area contributed by atoms with Gasteiger partial charge in [0.25, 0.3) is 0 Å². The summed E-state index contributed by atoms with van der Waals surface area (Å²) in [4.78, 5) is 6.26. The number of piperidine rings is 1. The van der Waals surface area contributed by atoms with Crippen LogP contribution in [0.5, 0.6) is 0 Å². The number of fused-ring (bicyclic) bond motifs is 1. The number of nitrogens with zero attached hydrogens (tertiary/aromatic N) is 1. The molecule has 1 saturated carbocycles. The summed E-state index contributed by atoms with van der Waals surface area (Å²) >= 11 is 0. The van der Waals surface area contributed by atoms with Crippen molar-refractivity contribution in [3.8, 4) is 0 Å². The lowest BCUT2D eigenvalue weighted by molar-refractivity contribution is 0.0366. The Kier molecular flexibility index (Phi) is 2.38. The van der Waals surface area contributed by atoms with Crippen LogP contribution in [0.4, 0.5) is 0 Å². The highest BCUT2D eigenvalue weighted by Crippen LogP contribution is 2.59. The summed E-state index contributed by atoms with van der Waals surface area (Å²) in [5.74, 6) is 1.58. The summed E-state index contributed by atoms with van der Waals surface area (Å²) in [6.45, 7) is 9.38. The van der Waals surface area contributed by atoms with Gasteiger partial charge in [-0.3, -0.25) is 4.90 Å². The van der Waals surface area contributed by atoms with E-state index in [0.29, 0.717) is 23.5 Å². The summed E-state index contributed by atoms with van der Waals surface area (Å²) in [6.07, 6.45) is 6.07. The van der Waals surface area contributed by atoms with Crippen LogP contribution in [0.2, 0.25) is 0 Å². The molecule has 1 aliphatic carbocycles. The van der Waals surface area contributed by atoms with Crippen molar-refractivity contribution in [3.63, 3.8) is 0 Å². The van der Waals surface area contributed by atoms with Gasteiger partial charge in [-0.2, -0.15) is 0 Å². The molecule has 5 unspecified atom stereocenters. The smallest absolute Gasteiger partial charge is 0.0456 e. The zero-order chi connectivity index (χ0) is 15.1. The van der Waals surface area contributed by atoms with E-state index in [0.717, 1.165) is 12.3 Å². The molecule has 3 saturated heterocycles. The van der Waals surface area contributed by atoms with Crippen molar-refractivity contribution in [2.24, 2.45) is 11.8 Å². The molecular formula is C20H24N2. The Morgan fingerprint density at radius 3 is 2.95 bits per heavy atom. The third-order valence-corrected chi connectivity index (χ3v) is 6.88. The highest BCUT2D eigenvalue weighted by atomic mass is 15.3. The molecule has 4 heterocycles. The number of H-pyrrole nitrogens is 1. The second-order valence-electron chi connectivity index (χ2n) is 8.06. The highest BCUT2D eigenvalue weighted by Gasteiger charge is 2.62. The molecule has 6 rings (SSSR count). The first kappa shape index (κ1) is 13.0. The Balaban J connectivity index is 1.55. The number of hydrogen-bond acceptors (Lipinski definition) is 1. The van der Waals surface area contributed by atoms with Gasteiger partial charge in [-0.05, 0) is 56.6 Å². The molecule has 0 amide bonds. The van der Waals surface area contributed by atoms with Gasteiger partial charge in [-0.25, -0.2) is 0 Å². The quantitative estimate of drug-likeness (QED) is 0.824. The lowest BCUT2D eigenvalue weighted by Crippen LogP contribution is -2.53. The van der Waals surface area contributed by atoms with Gasteiger partial charge in [0, 0.05) is 34.7 Å². The van der Waals surface area contributed by atoms with E-state index in [9.17, 15) is 0 Å². The summed E-state index contributed by atoms with van der Waals surface area (Å²) < 4.78 is 0. The first-order valence-electron chi connectivity index (χ1n) is 8.59. The van der Waals surface area contributed by atoms with Crippen LogP contribution in [-0.2, 0) is 6.42 Å². The number of hydrogen-bond donors (Lipinski definition) is 1. The van der Waals surface area contributed by atoms with Crippen molar-refractivity contribution in [2.75, 3.05) is 0 Å². The molecule has 2 heteroatoms. The molecule has 1 N–H and O–H groups in total.